The molecular weight excluding hydrogens is 672 g/mol. The van der Waals surface area contributed by atoms with Crippen molar-refractivity contribution in [2.45, 2.75) is 5.88 Å². The van der Waals surface area contributed by atoms with Gasteiger partial charge in [0.05, 0.1) is 47.0 Å². The van der Waals surface area contributed by atoms with Gasteiger partial charge >= 0.3 is 0 Å². The number of ether oxygens (including phenoxy) is 4. The Bertz CT molecular complexity index is 1370. The van der Waals surface area contributed by atoms with E-state index in [0.29, 0.717) is 39.4 Å². The third-order valence-electron chi connectivity index (χ3n) is 4.60. The van der Waals surface area contributed by atoms with Crippen LogP contribution < -0.4 is 24.7 Å². The van der Waals surface area contributed by atoms with E-state index in [1.54, 1.807) is 12.1 Å². The van der Waals surface area contributed by atoms with Crippen molar-refractivity contribution in [2.75, 3.05) is 27.4 Å². The van der Waals surface area contributed by atoms with Crippen LogP contribution in [-0.2, 0) is 5.88 Å². The van der Waals surface area contributed by atoms with Crippen LogP contribution in [0.5, 0.6) is 23.0 Å². The van der Waals surface area contributed by atoms with Gasteiger partial charge in [0.1, 0.15) is 51.5 Å². The van der Waals surface area contributed by atoms with Gasteiger partial charge in [-0.25, -0.2) is 4.98 Å². The number of primary amides is 1. The first-order valence-corrected chi connectivity index (χ1v) is 13.6. The number of carbonyl (C=O) groups is 1. The molecule has 0 radical (unpaired) electrons. The summed E-state index contributed by atoms with van der Waals surface area (Å²) in [5, 5.41) is 0.589. The van der Waals surface area contributed by atoms with Crippen LogP contribution in [0, 0.1) is 0 Å². The number of aromatic nitrogens is 1. The maximum Gasteiger partial charge on any atom is 0.252 e. The minimum absolute atomic E-state index is 0.0877. The average molecular weight is 694 g/mol. The molecule has 1 amide bonds. The van der Waals surface area contributed by atoms with Gasteiger partial charge in [-0.3, -0.25) is 4.79 Å². The first kappa shape index (κ1) is 34.0. The lowest BCUT2D eigenvalue weighted by molar-refractivity contribution is 0.0997. The van der Waals surface area contributed by atoms with E-state index < -0.39 is 5.91 Å². The normalized spacial score (nSPS) is 10.1. The molecule has 216 valence electrons. The summed E-state index contributed by atoms with van der Waals surface area (Å²) in [6, 6.07) is 6.25. The van der Waals surface area contributed by atoms with E-state index in [1.807, 2.05) is 0 Å². The van der Waals surface area contributed by atoms with Crippen molar-refractivity contribution in [3.05, 3.63) is 73.0 Å². The van der Waals surface area contributed by atoms with Gasteiger partial charge in [-0.15, -0.1) is 11.6 Å². The Morgan fingerprint density at radius 3 is 1.88 bits per heavy atom. The van der Waals surface area contributed by atoms with E-state index >= 15 is 0 Å². The zero-order valence-electron chi connectivity index (χ0n) is 20.8. The Balaban J connectivity index is 0.000000286. The number of carbonyl (C=O) groups excluding carboxylic acids is 1. The van der Waals surface area contributed by atoms with Gasteiger partial charge in [-0.1, -0.05) is 69.6 Å². The third kappa shape index (κ3) is 10.3. The molecule has 2 N–H and O–H groups in total. The molecular formula is C25H21Cl7N2O6. The molecule has 0 atom stereocenters. The van der Waals surface area contributed by atoms with Crippen LogP contribution in [0.15, 0.2) is 56.1 Å². The summed E-state index contributed by atoms with van der Waals surface area (Å²) in [7, 11) is 2.90. The van der Waals surface area contributed by atoms with Gasteiger partial charge in [-0.2, -0.15) is 0 Å². The molecule has 0 aliphatic carbocycles. The van der Waals surface area contributed by atoms with E-state index in [0.717, 1.165) is 0 Å². The molecule has 0 aliphatic rings. The summed E-state index contributed by atoms with van der Waals surface area (Å²) in [5.41, 5.74) is 6.52. The number of oxazole rings is 1. The lowest BCUT2D eigenvalue weighted by Crippen LogP contribution is -2.13. The molecule has 15 heteroatoms. The number of nitrogens with zero attached hydrogens (tertiary/aromatic N) is 1. The Morgan fingerprint density at radius 2 is 1.43 bits per heavy atom. The van der Waals surface area contributed by atoms with Crippen molar-refractivity contribution in [3.63, 3.8) is 0 Å². The van der Waals surface area contributed by atoms with Gasteiger partial charge in [0, 0.05) is 12.1 Å². The summed E-state index contributed by atoms with van der Waals surface area (Å²) < 4.78 is 26.7. The van der Waals surface area contributed by atoms with Crippen molar-refractivity contribution >= 4 is 87.1 Å². The summed E-state index contributed by atoms with van der Waals surface area (Å²) in [4.78, 5) is 15.5. The summed E-state index contributed by atoms with van der Waals surface area (Å²) in [6.45, 7) is 0.339. The highest BCUT2D eigenvalue weighted by atomic mass is 35.5. The number of rotatable bonds is 11. The van der Waals surface area contributed by atoms with Crippen LogP contribution in [0.2, 0.25) is 10.0 Å². The predicted molar refractivity (Wildman–Crippen MR) is 160 cm³/mol. The van der Waals surface area contributed by atoms with E-state index in [2.05, 4.69) is 4.98 Å². The quantitative estimate of drug-likeness (QED) is 0.201. The zero-order chi connectivity index (χ0) is 29.8. The molecule has 3 rings (SSSR count). The van der Waals surface area contributed by atoms with Crippen LogP contribution >= 0.6 is 81.2 Å². The number of amides is 1. The predicted octanol–water partition coefficient (Wildman–Crippen LogP) is 8.59. The fourth-order valence-corrected chi connectivity index (χ4v) is 3.90. The highest BCUT2D eigenvalue weighted by Crippen LogP contribution is 2.39. The van der Waals surface area contributed by atoms with Crippen molar-refractivity contribution in [1.82, 2.24) is 4.98 Å². The minimum atomic E-state index is -0.662. The summed E-state index contributed by atoms with van der Waals surface area (Å²) in [5.74, 6) is 1.42. The van der Waals surface area contributed by atoms with Crippen molar-refractivity contribution in [2.24, 2.45) is 5.73 Å². The molecule has 0 bridgehead atoms. The van der Waals surface area contributed by atoms with Crippen LogP contribution in [-0.4, -0.2) is 38.3 Å². The number of halogens is 7. The number of methoxy groups -OCH3 is 2. The third-order valence-corrected chi connectivity index (χ3v) is 6.05. The van der Waals surface area contributed by atoms with Gasteiger partial charge in [-0.05, 0) is 24.3 Å². The van der Waals surface area contributed by atoms with Gasteiger partial charge in [0.15, 0.2) is 0 Å². The van der Waals surface area contributed by atoms with E-state index in [9.17, 15) is 4.79 Å². The fourth-order valence-electron chi connectivity index (χ4n) is 2.95. The number of alkyl halides is 1. The minimum Gasteiger partial charge on any atom is -0.494 e. The number of benzene rings is 2. The zero-order valence-corrected chi connectivity index (χ0v) is 26.1. The van der Waals surface area contributed by atoms with Crippen LogP contribution in [0.25, 0.3) is 11.5 Å². The monoisotopic (exact) mass is 690 g/mol. The summed E-state index contributed by atoms with van der Waals surface area (Å²) in [6.07, 6.45) is 4.43. The molecule has 0 aliphatic heterocycles. The van der Waals surface area contributed by atoms with Crippen LogP contribution in [0.4, 0.5) is 0 Å². The van der Waals surface area contributed by atoms with Gasteiger partial charge < -0.3 is 29.1 Å². The van der Waals surface area contributed by atoms with Crippen molar-refractivity contribution in [1.29, 1.82) is 0 Å². The fraction of sp³-hybridized carbons (Fsp3) is 0.200. The molecule has 1 aromatic heterocycles. The van der Waals surface area contributed by atoms with E-state index in [-0.39, 0.29) is 44.4 Å². The lowest BCUT2D eigenvalue weighted by Gasteiger charge is -2.11. The maximum atomic E-state index is 11.2. The molecule has 0 saturated carbocycles. The SMILES string of the molecule is COc1c(Cl)cc(OCC=C(Cl)Cl)cc1-c1nc(CCl)co1.COc1c(Cl)cc(OCC=C(Cl)Cl)cc1C(N)=O. The molecule has 0 spiro atoms. The second-order valence-corrected chi connectivity index (χ2v) is 10.3. The van der Waals surface area contributed by atoms with Gasteiger partial charge in [0.25, 0.3) is 5.91 Å². The number of hydrogen-bond donors (Lipinski definition) is 1. The largest absolute Gasteiger partial charge is 0.494 e. The highest BCUT2D eigenvalue weighted by Gasteiger charge is 2.18. The van der Waals surface area contributed by atoms with Crippen LogP contribution in [0.1, 0.15) is 16.1 Å². The molecule has 3 aromatic rings. The molecule has 0 fully saturated rings. The number of hydrogen-bond acceptors (Lipinski definition) is 7. The van der Waals surface area contributed by atoms with Crippen molar-refractivity contribution < 1.29 is 28.2 Å². The maximum absolute atomic E-state index is 11.2. The smallest absolute Gasteiger partial charge is 0.252 e. The highest BCUT2D eigenvalue weighted by molar-refractivity contribution is 6.56. The molecule has 1 heterocycles. The van der Waals surface area contributed by atoms with Crippen LogP contribution in [0.3, 0.4) is 0 Å². The Labute approximate surface area is 265 Å². The van der Waals surface area contributed by atoms with Crippen molar-refractivity contribution in [3.8, 4) is 34.5 Å². The average Bonchev–Trinajstić information content (AvgIpc) is 3.37. The Hall–Kier alpha value is -2.17. The van der Waals surface area contributed by atoms with Gasteiger partial charge in [0.2, 0.25) is 5.89 Å². The van der Waals surface area contributed by atoms with E-state index in [4.69, 9.17) is 110 Å². The Morgan fingerprint density at radius 1 is 0.900 bits per heavy atom. The van der Waals surface area contributed by atoms with E-state index in [1.165, 1.54) is 44.8 Å². The number of nitrogens with two attached hydrogens (primary N) is 1. The topological polar surface area (TPSA) is 106 Å². The molecule has 8 nitrogen and oxygen atoms in total. The first-order valence-electron chi connectivity index (χ1n) is 10.8. The molecule has 40 heavy (non-hydrogen) atoms. The molecule has 2 aromatic carbocycles. The molecule has 0 saturated heterocycles. The second kappa shape index (κ2) is 16.9. The Kier molecular flexibility index (Phi) is 14.4. The first-order chi connectivity index (χ1) is 19.0. The second-order valence-electron chi connectivity index (χ2n) is 7.22. The molecule has 0 unspecified atom stereocenters. The lowest BCUT2D eigenvalue weighted by atomic mass is 10.2. The standard InChI is InChI=1S/C14H11Cl4NO3.C11H10Cl3NO3/c1-20-13-10(14-19-8(6-15)7-22-14)4-9(5-11(13)16)21-3-2-12(17)18;1-17-10-7(11(15)16)4-6(5-8(10)12)18-3-2-9(13)14/h2,4-5,7H,3,6H2,1H3;2,4-5H,3H2,1H3,(H2,15,16). The summed E-state index contributed by atoms with van der Waals surface area (Å²) >= 11 is 39.8.